The quantitative estimate of drug-likeness (QED) is 0.734. The number of amides is 2. The first-order valence-corrected chi connectivity index (χ1v) is 7.83. The number of carboxylic acid groups (broad SMARTS) is 1. The second-order valence-electron chi connectivity index (χ2n) is 5.90. The van der Waals surface area contributed by atoms with E-state index in [0.717, 1.165) is 5.56 Å². The highest BCUT2D eigenvalue weighted by Gasteiger charge is 2.43. The highest BCUT2D eigenvalue weighted by atomic mass is 16.4. The van der Waals surface area contributed by atoms with Crippen molar-refractivity contribution >= 4 is 17.8 Å². The van der Waals surface area contributed by atoms with Gasteiger partial charge in [-0.25, -0.2) is 0 Å². The van der Waals surface area contributed by atoms with Crippen LogP contribution in [0, 0.1) is 0 Å². The molecule has 3 N–H and O–H groups in total. The van der Waals surface area contributed by atoms with E-state index >= 15 is 0 Å². The van der Waals surface area contributed by atoms with Crippen molar-refractivity contribution in [1.29, 1.82) is 0 Å². The van der Waals surface area contributed by atoms with Crippen LogP contribution in [0.4, 0.5) is 0 Å². The van der Waals surface area contributed by atoms with Gasteiger partial charge in [-0.05, 0) is 18.4 Å². The zero-order valence-electron chi connectivity index (χ0n) is 13.2. The molecule has 6 nitrogen and oxygen atoms in total. The lowest BCUT2D eigenvalue weighted by atomic mass is 9.73. The molecule has 1 aliphatic rings. The van der Waals surface area contributed by atoms with Crippen LogP contribution >= 0.6 is 0 Å². The molecule has 1 aromatic rings. The molecular formula is C17H22N2O4. The normalized spacial score (nSPS) is 22.0. The van der Waals surface area contributed by atoms with E-state index in [9.17, 15) is 14.4 Å². The Morgan fingerprint density at radius 2 is 2.04 bits per heavy atom. The zero-order valence-corrected chi connectivity index (χ0v) is 13.2. The Morgan fingerprint density at radius 3 is 2.57 bits per heavy atom. The smallest absolute Gasteiger partial charge is 0.305 e. The van der Waals surface area contributed by atoms with Crippen LogP contribution in [-0.2, 0) is 19.8 Å². The lowest BCUT2D eigenvalue weighted by Gasteiger charge is -2.37. The summed E-state index contributed by atoms with van der Waals surface area (Å²) in [6.45, 7) is 2.07. The van der Waals surface area contributed by atoms with Crippen molar-refractivity contribution in [1.82, 2.24) is 10.6 Å². The number of hydrogen-bond acceptors (Lipinski definition) is 3. The van der Waals surface area contributed by atoms with Gasteiger partial charge in [0.05, 0.1) is 11.8 Å². The number of carbonyl (C=O) groups is 3. The van der Waals surface area contributed by atoms with Crippen molar-refractivity contribution in [3.63, 3.8) is 0 Å². The van der Waals surface area contributed by atoms with E-state index in [4.69, 9.17) is 5.11 Å². The molecule has 0 aliphatic carbocycles. The van der Waals surface area contributed by atoms with Crippen LogP contribution in [0.3, 0.4) is 0 Å². The molecule has 1 saturated heterocycles. The first-order chi connectivity index (χ1) is 11.0. The molecule has 0 saturated carbocycles. The first kappa shape index (κ1) is 17.0. The average molecular weight is 318 g/mol. The van der Waals surface area contributed by atoms with Gasteiger partial charge >= 0.3 is 5.97 Å². The van der Waals surface area contributed by atoms with Gasteiger partial charge in [-0.15, -0.1) is 0 Å². The predicted octanol–water partition coefficient (Wildman–Crippen LogP) is 1.20. The van der Waals surface area contributed by atoms with Crippen molar-refractivity contribution in [3.05, 3.63) is 35.9 Å². The average Bonchev–Trinajstić information content (AvgIpc) is 2.55. The van der Waals surface area contributed by atoms with E-state index in [1.807, 2.05) is 37.3 Å². The van der Waals surface area contributed by atoms with Gasteiger partial charge in [0.1, 0.15) is 0 Å². The molecule has 124 valence electrons. The summed E-state index contributed by atoms with van der Waals surface area (Å²) in [7, 11) is 0. The summed E-state index contributed by atoms with van der Waals surface area (Å²) in [5, 5.41) is 14.6. The Labute approximate surface area is 135 Å². The topological polar surface area (TPSA) is 95.5 Å². The molecule has 23 heavy (non-hydrogen) atoms. The fourth-order valence-corrected chi connectivity index (χ4v) is 2.91. The van der Waals surface area contributed by atoms with E-state index in [-0.39, 0.29) is 31.2 Å². The summed E-state index contributed by atoms with van der Waals surface area (Å²) in [5.41, 5.74) is -0.0103. The van der Waals surface area contributed by atoms with Gasteiger partial charge < -0.3 is 15.7 Å². The van der Waals surface area contributed by atoms with E-state index in [1.54, 1.807) is 0 Å². The fourth-order valence-electron chi connectivity index (χ4n) is 2.91. The Kier molecular flexibility index (Phi) is 5.36. The van der Waals surface area contributed by atoms with Crippen LogP contribution in [-0.4, -0.2) is 35.5 Å². The van der Waals surface area contributed by atoms with Crippen molar-refractivity contribution in [2.24, 2.45) is 0 Å². The van der Waals surface area contributed by atoms with Crippen molar-refractivity contribution in [2.75, 3.05) is 6.54 Å². The molecule has 0 spiro atoms. The van der Waals surface area contributed by atoms with Gasteiger partial charge in [0, 0.05) is 19.0 Å². The van der Waals surface area contributed by atoms with Gasteiger partial charge in [0.25, 0.3) is 0 Å². The molecule has 1 unspecified atom stereocenters. The largest absolute Gasteiger partial charge is 0.481 e. The van der Waals surface area contributed by atoms with Crippen LogP contribution in [0.5, 0.6) is 0 Å². The molecule has 0 aromatic heterocycles. The monoisotopic (exact) mass is 318 g/mol. The maximum absolute atomic E-state index is 12.9. The van der Waals surface area contributed by atoms with Crippen LogP contribution in [0.2, 0.25) is 0 Å². The van der Waals surface area contributed by atoms with Crippen LogP contribution in [0.1, 0.15) is 38.2 Å². The van der Waals surface area contributed by atoms with E-state index < -0.39 is 17.4 Å². The SMILES string of the molecule is CC[C@H](CC(=O)O)NC(=O)C1(c2ccccc2)CCC(=O)NC1. The Hall–Kier alpha value is -2.37. The van der Waals surface area contributed by atoms with Crippen LogP contribution in [0.15, 0.2) is 30.3 Å². The molecule has 2 amide bonds. The summed E-state index contributed by atoms with van der Waals surface area (Å²) < 4.78 is 0. The summed E-state index contributed by atoms with van der Waals surface area (Å²) in [4.78, 5) is 35.3. The van der Waals surface area contributed by atoms with Crippen molar-refractivity contribution < 1.29 is 19.5 Å². The van der Waals surface area contributed by atoms with E-state index in [0.29, 0.717) is 12.8 Å². The third-order valence-electron chi connectivity index (χ3n) is 4.38. The molecular weight excluding hydrogens is 296 g/mol. The number of aliphatic carboxylic acids is 1. The van der Waals surface area contributed by atoms with Gasteiger partial charge in [0.2, 0.25) is 11.8 Å². The molecule has 2 rings (SSSR count). The van der Waals surface area contributed by atoms with Crippen LogP contribution in [0.25, 0.3) is 0 Å². The summed E-state index contributed by atoms with van der Waals surface area (Å²) in [6.07, 6.45) is 1.12. The third kappa shape index (κ3) is 3.88. The van der Waals surface area contributed by atoms with E-state index in [2.05, 4.69) is 10.6 Å². The molecule has 1 aliphatic heterocycles. The van der Waals surface area contributed by atoms with Crippen molar-refractivity contribution in [3.8, 4) is 0 Å². The number of benzene rings is 1. The minimum absolute atomic E-state index is 0.0677. The van der Waals surface area contributed by atoms with Gasteiger partial charge in [-0.2, -0.15) is 0 Å². The van der Waals surface area contributed by atoms with Crippen LogP contribution < -0.4 is 10.6 Å². The van der Waals surface area contributed by atoms with Gasteiger partial charge in [0.15, 0.2) is 0 Å². The maximum atomic E-state index is 12.9. The molecule has 1 heterocycles. The second-order valence-corrected chi connectivity index (χ2v) is 5.90. The standard InChI is InChI=1S/C17H22N2O4/c1-2-13(10-15(21)22)19-16(23)17(9-8-14(20)18-11-17)12-6-4-3-5-7-12/h3-7,13H,2,8-11H2,1H3,(H,18,20)(H,19,23)(H,21,22)/t13-,17?/m1/s1. The Morgan fingerprint density at radius 1 is 1.35 bits per heavy atom. The molecule has 6 heteroatoms. The fraction of sp³-hybridized carbons (Fsp3) is 0.471. The molecule has 0 radical (unpaired) electrons. The Balaban J connectivity index is 2.25. The van der Waals surface area contributed by atoms with Gasteiger partial charge in [-0.3, -0.25) is 14.4 Å². The minimum atomic E-state index is -0.942. The molecule has 2 atom stereocenters. The Bertz CT molecular complexity index is 576. The summed E-state index contributed by atoms with van der Waals surface area (Å²) in [5.74, 6) is -1.23. The highest BCUT2D eigenvalue weighted by Crippen LogP contribution is 2.32. The molecule has 1 aromatic carbocycles. The molecule has 0 bridgehead atoms. The first-order valence-electron chi connectivity index (χ1n) is 7.83. The number of piperidine rings is 1. The number of carbonyl (C=O) groups excluding carboxylic acids is 2. The van der Waals surface area contributed by atoms with Crippen molar-refractivity contribution in [2.45, 2.75) is 44.1 Å². The highest BCUT2D eigenvalue weighted by molar-refractivity contribution is 5.92. The second kappa shape index (κ2) is 7.26. The number of hydrogen-bond donors (Lipinski definition) is 3. The number of nitrogens with one attached hydrogen (secondary N) is 2. The predicted molar refractivity (Wildman–Crippen MR) is 84.8 cm³/mol. The van der Waals surface area contributed by atoms with E-state index in [1.165, 1.54) is 0 Å². The number of rotatable bonds is 6. The maximum Gasteiger partial charge on any atom is 0.305 e. The number of carboxylic acids is 1. The lowest BCUT2D eigenvalue weighted by molar-refractivity contribution is -0.138. The molecule has 1 fully saturated rings. The zero-order chi connectivity index (χ0) is 16.9. The third-order valence-corrected chi connectivity index (χ3v) is 4.38. The summed E-state index contributed by atoms with van der Waals surface area (Å²) in [6, 6.07) is 8.91. The van der Waals surface area contributed by atoms with Gasteiger partial charge in [-0.1, -0.05) is 37.3 Å². The summed E-state index contributed by atoms with van der Waals surface area (Å²) >= 11 is 0. The minimum Gasteiger partial charge on any atom is -0.481 e. The lowest BCUT2D eigenvalue weighted by Crippen LogP contribution is -2.56.